The molecule has 0 atom stereocenters. The smallest absolute Gasteiger partial charge is 0.225 e. The fraction of sp³-hybridized carbons (Fsp3) is 0.979. The summed E-state index contributed by atoms with van der Waals surface area (Å²) >= 11 is 0. The van der Waals surface area contributed by atoms with Crippen LogP contribution in [0, 0.1) is 5.41 Å². The van der Waals surface area contributed by atoms with E-state index in [0.29, 0.717) is 5.91 Å². The number of rotatable bonds is 43. The van der Waals surface area contributed by atoms with Gasteiger partial charge in [0.15, 0.2) is 0 Å². The molecule has 0 aromatic rings. The molecule has 0 radical (unpaired) electrons. The average Bonchev–Trinajstić information content (AvgIpc) is 3.13. The number of nitrogens with one attached hydrogen (secondary N) is 1. The summed E-state index contributed by atoms with van der Waals surface area (Å²) < 4.78 is 0. The molecule has 0 spiro atoms. The molecule has 0 bridgehead atoms. The molecule has 0 aromatic carbocycles. The third-order valence-electron chi connectivity index (χ3n) is 12.0. The van der Waals surface area contributed by atoms with Crippen molar-refractivity contribution in [3.8, 4) is 0 Å². The van der Waals surface area contributed by atoms with Crippen molar-refractivity contribution in [2.24, 2.45) is 5.41 Å². The van der Waals surface area contributed by atoms with Gasteiger partial charge >= 0.3 is 0 Å². The standard InChI is InChI=1S/C48H97NO/c1-5-8-11-13-15-17-19-21-23-25-27-29-31-33-35-37-39-42-45-48(47(50)49-4,44-41-10-7-3)46-43-40-38-36-34-32-30-28-26-24-22-20-18-16-14-12-9-6-2/h5-46H2,1-4H3,(H,49,50). The van der Waals surface area contributed by atoms with Crippen LogP contribution in [0.25, 0.3) is 0 Å². The zero-order valence-electron chi connectivity index (χ0n) is 35.6. The minimum atomic E-state index is -0.117. The molecule has 1 N–H and O–H groups in total. The summed E-state index contributed by atoms with van der Waals surface area (Å²) in [7, 11) is 1.88. The van der Waals surface area contributed by atoms with Gasteiger partial charge in [-0.1, -0.05) is 271 Å². The second kappa shape index (κ2) is 41.2. The van der Waals surface area contributed by atoms with Crippen LogP contribution in [0.15, 0.2) is 0 Å². The van der Waals surface area contributed by atoms with Gasteiger partial charge in [0.25, 0.3) is 0 Å². The molecule has 0 aliphatic carbocycles. The molecule has 0 saturated heterocycles. The fourth-order valence-corrected chi connectivity index (χ4v) is 8.42. The maximum Gasteiger partial charge on any atom is 0.225 e. The summed E-state index contributed by atoms with van der Waals surface area (Å²) in [5.74, 6) is 0.340. The summed E-state index contributed by atoms with van der Waals surface area (Å²) in [5, 5.41) is 3.11. The Kier molecular flexibility index (Phi) is 40.8. The van der Waals surface area contributed by atoms with Gasteiger partial charge in [0.2, 0.25) is 5.91 Å². The molecule has 0 heterocycles. The predicted molar refractivity (Wildman–Crippen MR) is 227 cm³/mol. The highest BCUT2D eigenvalue weighted by Gasteiger charge is 2.35. The summed E-state index contributed by atoms with van der Waals surface area (Å²) in [4.78, 5) is 13.3. The van der Waals surface area contributed by atoms with Crippen molar-refractivity contribution in [1.82, 2.24) is 5.32 Å². The van der Waals surface area contributed by atoms with E-state index in [-0.39, 0.29) is 5.41 Å². The van der Waals surface area contributed by atoms with Crippen LogP contribution in [-0.4, -0.2) is 13.0 Å². The van der Waals surface area contributed by atoms with E-state index in [0.717, 1.165) is 19.3 Å². The molecule has 0 saturated carbocycles. The Bertz CT molecular complexity index is 604. The van der Waals surface area contributed by atoms with E-state index < -0.39 is 0 Å². The Morgan fingerprint density at radius 1 is 0.300 bits per heavy atom. The average molecular weight is 704 g/mol. The van der Waals surface area contributed by atoms with Crippen molar-refractivity contribution in [1.29, 1.82) is 0 Å². The van der Waals surface area contributed by atoms with Gasteiger partial charge in [0.05, 0.1) is 0 Å². The highest BCUT2D eigenvalue weighted by atomic mass is 16.2. The van der Waals surface area contributed by atoms with Crippen molar-refractivity contribution in [2.75, 3.05) is 7.05 Å². The van der Waals surface area contributed by atoms with E-state index in [1.54, 1.807) is 0 Å². The van der Waals surface area contributed by atoms with E-state index in [2.05, 4.69) is 26.1 Å². The molecule has 0 unspecified atom stereocenters. The van der Waals surface area contributed by atoms with Gasteiger partial charge < -0.3 is 5.32 Å². The van der Waals surface area contributed by atoms with Gasteiger partial charge in [-0.25, -0.2) is 0 Å². The number of hydrogen-bond acceptors (Lipinski definition) is 1. The topological polar surface area (TPSA) is 29.1 Å². The highest BCUT2D eigenvalue weighted by Crippen LogP contribution is 2.38. The fourth-order valence-electron chi connectivity index (χ4n) is 8.42. The van der Waals surface area contributed by atoms with Gasteiger partial charge in [-0.15, -0.1) is 0 Å². The first kappa shape index (κ1) is 49.5. The van der Waals surface area contributed by atoms with E-state index in [1.165, 1.54) is 250 Å². The number of unbranched alkanes of at least 4 members (excludes halogenated alkanes) is 36. The lowest BCUT2D eigenvalue weighted by Crippen LogP contribution is -2.39. The molecule has 0 aliphatic heterocycles. The normalized spacial score (nSPS) is 11.8. The van der Waals surface area contributed by atoms with E-state index in [1.807, 2.05) is 7.05 Å². The number of carbonyl (C=O) groups is 1. The SMILES string of the molecule is CCCCCCCCCCCCCCCCCCCCC(CCCCC)(CCCCCCCCCCCCCCCCCCCC)C(=O)NC. The first-order chi connectivity index (χ1) is 24.7. The van der Waals surface area contributed by atoms with Crippen molar-refractivity contribution in [3.63, 3.8) is 0 Å². The summed E-state index contributed by atoms with van der Waals surface area (Å²) in [6, 6.07) is 0. The molecule has 300 valence electrons. The second-order valence-corrected chi connectivity index (χ2v) is 16.8. The van der Waals surface area contributed by atoms with E-state index in [9.17, 15) is 4.79 Å². The van der Waals surface area contributed by atoms with Crippen molar-refractivity contribution in [2.45, 2.75) is 290 Å². The molecule has 2 heteroatoms. The largest absolute Gasteiger partial charge is 0.359 e. The monoisotopic (exact) mass is 704 g/mol. The number of amides is 1. The Balaban J connectivity index is 3.98. The van der Waals surface area contributed by atoms with Gasteiger partial charge in [0, 0.05) is 12.5 Å². The zero-order chi connectivity index (χ0) is 36.5. The van der Waals surface area contributed by atoms with Crippen LogP contribution in [0.2, 0.25) is 0 Å². The molecule has 0 fully saturated rings. The van der Waals surface area contributed by atoms with Crippen LogP contribution in [0.4, 0.5) is 0 Å². The third-order valence-corrected chi connectivity index (χ3v) is 12.0. The molecule has 0 rings (SSSR count). The Morgan fingerprint density at radius 3 is 0.660 bits per heavy atom. The summed E-state index contributed by atoms with van der Waals surface area (Å²) in [6.07, 6.45) is 58.0. The quantitative estimate of drug-likeness (QED) is 0.0629. The number of hydrogen-bond donors (Lipinski definition) is 1. The maximum absolute atomic E-state index is 13.3. The molecule has 0 aliphatic rings. The Hall–Kier alpha value is -0.530. The van der Waals surface area contributed by atoms with Gasteiger partial charge in [-0.3, -0.25) is 4.79 Å². The lowest BCUT2D eigenvalue weighted by atomic mass is 9.73. The minimum Gasteiger partial charge on any atom is -0.359 e. The molecular formula is C48H97NO. The lowest BCUT2D eigenvalue weighted by Gasteiger charge is -2.32. The second-order valence-electron chi connectivity index (χ2n) is 16.8. The van der Waals surface area contributed by atoms with Crippen molar-refractivity contribution in [3.05, 3.63) is 0 Å². The van der Waals surface area contributed by atoms with Gasteiger partial charge in [-0.2, -0.15) is 0 Å². The van der Waals surface area contributed by atoms with Gasteiger partial charge in [-0.05, 0) is 19.3 Å². The van der Waals surface area contributed by atoms with Crippen molar-refractivity contribution >= 4 is 5.91 Å². The Morgan fingerprint density at radius 2 is 0.460 bits per heavy atom. The maximum atomic E-state index is 13.3. The first-order valence-corrected chi connectivity index (χ1v) is 23.9. The third kappa shape index (κ3) is 33.3. The molecule has 2 nitrogen and oxygen atoms in total. The Labute approximate surface area is 318 Å². The van der Waals surface area contributed by atoms with Crippen LogP contribution in [-0.2, 0) is 4.79 Å². The molecule has 1 amide bonds. The van der Waals surface area contributed by atoms with Crippen LogP contribution in [0.1, 0.15) is 290 Å². The minimum absolute atomic E-state index is 0.117. The first-order valence-electron chi connectivity index (χ1n) is 23.9. The molecular weight excluding hydrogens is 607 g/mol. The molecule has 0 aromatic heterocycles. The van der Waals surface area contributed by atoms with Crippen molar-refractivity contribution < 1.29 is 4.79 Å². The van der Waals surface area contributed by atoms with E-state index >= 15 is 0 Å². The highest BCUT2D eigenvalue weighted by molar-refractivity contribution is 5.82. The van der Waals surface area contributed by atoms with E-state index in [4.69, 9.17) is 0 Å². The van der Waals surface area contributed by atoms with Crippen LogP contribution in [0.5, 0.6) is 0 Å². The predicted octanol–water partition coefficient (Wildman–Crippen LogP) is 17.2. The number of carbonyl (C=O) groups excluding carboxylic acids is 1. The van der Waals surface area contributed by atoms with Crippen LogP contribution >= 0.6 is 0 Å². The summed E-state index contributed by atoms with van der Waals surface area (Å²) in [6.45, 7) is 6.90. The van der Waals surface area contributed by atoms with Gasteiger partial charge in [0.1, 0.15) is 0 Å². The van der Waals surface area contributed by atoms with Crippen LogP contribution in [0.3, 0.4) is 0 Å². The lowest BCUT2D eigenvalue weighted by molar-refractivity contribution is -0.132. The van der Waals surface area contributed by atoms with Crippen LogP contribution < -0.4 is 5.32 Å². The summed E-state index contributed by atoms with van der Waals surface area (Å²) in [5.41, 5.74) is -0.117. The zero-order valence-corrected chi connectivity index (χ0v) is 35.6. The molecule has 50 heavy (non-hydrogen) atoms.